The van der Waals surface area contributed by atoms with Crippen molar-refractivity contribution in [2.24, 2.45) is 0 Å². The van der Waals surface area contributed by atoms with E-state index in [-0.39, 0.29) is 28.5 Å². The van der Waals surface area contributed by atoms with Crippen molar-refractivity contribution in [1.29, 1.82) is 0 Å². The van der Waals surface area contributed by atoms with E-state index in [1.54, 1.807) is 4.90 Å². The molecule has 0 N–H and O–H groups in total. The quantitative estimate of drug-likeness (QED) is 0.716. The normalized spacial score (nSPS) is 8.12. The summed E-state index contributed by atoms with van der Waals surface area (Å²) >= 11 is 0. The predicted molar refractivity (Wildman–Crippen MR) is 70.5 cm³/mol. The van der Waals surface area contributed by atoms with Crippen LogP contribution >= 0.6 is 0 Å². The van der Waals surface area contributed by atoms with Gasteiger partial charge in [-0.15, -0.1) is 6.54 Å². The molecule has 0 amide bonds. The second-order valence-electron chi connectivity index (χ2n) is 3.34. The molecule has 0 saturated carbocycles. The molecule has 0 heterocycles. The Kier molecular flexibility index (Phi) is 16.7. The van der Waals surface area contributed by atoms with Crippen LogP contribution in [-0.4, -0.2) is 32.6 Å². The standard InChI is InChI=1S/C9H12N.C3H8N.CH3.W/c1-3-10(2)9-7-5-4-6-8-9;1-4(2)3;;/h4-8H,1,3H2,2H3;1H2,2-3H3;1H3;/q3*-1;. The van der Waals surface area contributed by atoms with Crippen LogP contribution in [0.2, 0.25) is 0 Å². The zero-order chi connectivity index (χ0) is 11.0. The largest absolute Gasteiger partial charge is 0.464 e. The van der Waals surface area contributed by atoms with Crippen molar-refractivity contribution in [3.63, 3.8) is 0 Å². The molecule has 3 heteroatoms. The first kappa shape index (κ1) is 21.0. The Balaban J connectivity index is -0.000000249. The molecule has 94 valence electrons. The number of hydrogen-bond acceptors (Lipinski definition) is 2. The van der Waals surface area contributed by atoms with Gasteiger partial charge in [-0.3, -0.25) is 7.05 Å². The monoisotopic (exact) mass is 391 g/mol. The van der Waals surface area contributed by atoms with E-state index in [1.807, 2.05) is 39.3 Å². The third kappa shape index (κ3) is 11.7. The Labute approximate surface area is 116 Å². The van der Waals surface area contributed by atoms with Crippen LogP contribution in [0.15, 0.2) is 30.3 Å². The van der Waals surface area contributed by atoms with Crippen LogP contribution in [-0.2, 0) is 21.1 Å². The predicted octanol–water partition coefficient (Wildman–Crippen LogP) is 2.74. The number of rotatable bonds is 2. The minimum atomic E-state index is 0. The number of para-hydroxylation sites is 1. The fourth-order valence-electron chi connectivity index (χ4n) is 0.812. The van der Waals surface area contributed by atoms with E-state index in [0.717, 1.165) is 6.54 Å². The molecule has 0 aromatic heterocycles. The van der Waals surface area contributed by atoms with Gasteiger partial charge in [-0.2, -0.15) is 0 Å². The maximum Gasteiger partial charge on any atom is 0.0339 e. The van der Waals surface area contributed by atoms with Crippen molar-refractivity contribution in [3.05, 3.63) is 51.7 Å². The molecule has 1 aromatic carbocycles. The van der Waals surface area contributed by atoms with Gasteiger partial charge in [0, 0.05) is 33.8 Å². The zero-order valence-corrected chi connectivity index (χ0v) is 13.7. The molecular formula is C13H23N2W-3. The van der Waals surface area contributed by atoms with Gasteiger partial charge in [0.25, 0.3) is 0 Å². The van der Waals surface area contributed by atoms with Gasteiger partial charge in [0.15, 0.2) is 0 Å². The van der Waals surface area contributed by atoms with Crippen LogP contribution in [0.1, 0.15) is 0 Å². The maximum atomic E-state index is 3.79. The first-order chi connectivity index (χ1) is 6.57. The topological polar surface area (TPSA) is 6.48 Å². The van der Waals surface area contributed by atoms with Crippen LogP contribution in [0.4, 0.5) is 5.69 Å². The molecule has 0 radical (unpaired) electrons. The van der Waals surface area contributed by atoms with E-state index < -0.39 is 0 Å². The van der Waals surface area contributed by atoms with E-state index >= 15 is 0 Å². The molecule has 0 spiro atoms. The summed E-state index contributed by atoms with van der Waals surface area (Å²) in [5, 5.41) is 0. The Morgan fingerprint density at radius 3 is 1.75 bits per heavy atom. The van der Waals surface area contributed by atoms with Crippen LogP contribution < -0.4 is 4.90 Å². The molecule has 0 unspecified atom stereocenters. The summed E-state index contributed by atoms with van der Waals surface area (Å²) in [6, 6.07) is 10.2. The number of hydrogen-bond donors (Lipinski definition) is 0. The van der Waals surface area contributed by atoms with Crippen molar-refractivity contribution in [3.8, 4) is 0 Å². The van der Waals surface area contributed by atoms with E-state index in [2.05, 4.69) is 31.0 Å². The van der Waals surface area contributed by atoms with Crippen molar-refractivity contribution in [2.75, 3.05) is 32.6 Å². The molecule has 0 aliphatic rings. The molecule has 0 aliphatic heterocycles. The summed E-state index contributed by atoms with van der Waals surface area (Å²) < 4.78 is 0. The SMILES string of the molecule is [CH2-]CN(C)c1ccccc1.[CH2-]N(C)C.[CH3-].[W]. The Morgan fingerprint density at radius 2 is 1.44 bits per heavy atom. The van der Waals surface area contributed by atoms with E-state index in [4.69, 9.17) is 0 Å². The molecule has 16 heavy (non-hydrogen) atoms. The van der Waals surface area contributed by atoms with Gasteiger partial charge in [-0.1, -0.05) is 18.2 Å². The molecule has 1 aromatic rings. The fraction of sp³-hybridized carbons (Fsp3) is 0.308. The van der Waals surface area contributed by atoms with Crippen molar-refractivity contribution >= 4 is 5.69 Å². The van der Waals surface area contributed by atoms with E-state index in [9.17, 15) is 0 Å². The third-order valence-electron chi connectivity index (χ3n) is 1.53. The van der Waals surface area contributed by atoms with Crippen molar-refractivity contribution in [1.82, 2.24) is 4.90 Å². The van der Waals surface area contributed by atoms with Gasteiger partial charge in [-0.25, -0.2) is 0 Å². The first-order valence-corrected chi connectivity index (χ1v) is 4.61. The summed E-state index contributed by atoms with van der Waals surface area (Å²) in [4.78, 5) is 3.85. The average Bonchev–Trinajstić information content (AvgIpc) is 2.17. The molecule has 2 nitrogen and oxygen atoms in total. The van der Waals surface area contributed by atoms with Crippen LogP contribution in [0.25, 0.3) is 0 Å². The second kappa shape index (κ2) is 12.7. The molecule has 0 fully saturated rings. The van der Waals surface area contributed by atoms with Crippen LogP contribution in [0, 0.1) is 21.4 Å². The number of anilines is 1. The minimum absolute atomic E-state index is 0. The van der Waals surface area contributed by atoms with E-state index in [0.29, 0.717) is 0 Å². The Bertz CT molecular complexity index is 222. The summed E-state index contributed by atoms with van der Waals surface area (Å²) in [6.07, 6.45) is 0. The van der Waals surface area contributed by atoms with Crippen molar-refractivity contribution in [2.45, 2.75) is 0 Å². The zero-order valence-electron chi connectivity index (χ0n) is 10.8. The second-order valence-corrected chi connectivity index (χ2v) is 3.34. The smallest absolute Gasteiger partial charge is 0.0339 e. The van der Waals surface area contributed by atoms with E-state index in [1.165, 1.54) is 5.69 Å². The van der Waals surface area contributed by atoms with Gasteiger partial charge in [-0.05, 0) is 26.2 Å². The summed E-state index contributed by atoms with van der Waals surface area (Å²) in [7, 11) is 9.28. The fourth-order valence-corrected chi connectivity index (χ4v) is 0.812. The van der Waals surface area contributed by atoms with Gasteiger partial charge in [0.2, 0.25) is 0 Å². The van der Waals surface area contributed by atoms with Crippen LogP contribution in [0.5, 0.6) is 0 Å². The van der Waals surface area contributed by atoms with Crippen LogP contribution in [0.3, 0.4) is 0 Å². The molecule has 1 rings (SSSR count). The summed E-state index contributed by atoms with van der Waals surface area (Å²) in [5.74, 6) is 0. The Hall–Kier alpha value is -0.332. The molecular weight excluding hydrogens is 368 g/mol. The average molecular weight is 391 g/mol. The molecule has 0 atom stereocenters. The maximum absolute atomic E-state index is 3.79. The summed E-state index contributed by atoms with van der Waals surface area (Å²) in [5.41, 5.74) is 1.22. The molecule has 0 bridgehead atoms. The Morgan fingerprint density at radius 1 is 1.06 bits per heavy atom. The van der Waals surface area contributed by atoms with Gasteiger partial charge in [0.05, 0.1) is 0 Å². The van der Waals surface area contributed by atoms with Crippen molar-refractivity contribution < 1.29 is 21.1 Å². The molecule has 0 aliphatic carbocycles. The molecule has 0 saturated heterocycles. The van der Waals surface area contributed by atoms with Gasteiger partial charge in [0.1, 0.15) is 0 Å². The third-order valence-corrected chi connectivity index (χ3v) is 1.53. The summed E-state index contributed by atoms with van der Waals surface area (Å²) in [6.45, 7) is 4.60. The minimum Gasteiger partial charge on any atom is -0.464 e. The number of benzene rings is 1. The first-order valence-electron chi connectivity index (χ1n) is 4.61. The number of nitrogens with zero attached hydrogens (tertiary/aromatic N) is 2. The van der Waals surface area contributed by atoms with Gasteiger partial charge < -0.3 is 24.2 Å². The van der Waals surface area contributed by atoms with Gasteiger partial charge >= 0.3 is 0 Å².